The van der Waals surface area contributed by atoms with Gasteiger partial charge in [-0.15, -0.1) is 0 Å². The van der Waals surface area contributed by atoms with Crippen molar-refractivity contribution in [1.82, 2.24) is 0 Å². The first-order valence-corrected chi connectivity index (χ1v) is 14.5. The molecule has 1 aliphatic carbocycles. The van der Waals surface area contributed by atoms with Crippen molar-refractivity contribution in [2.75, 3.05) is 0 Å². The van der Waals surface area contributed by atoms with Crippen molar-refractivity contribution in [3.63, 3.8) is 0 Å². The molecule has 2 unspecified atom stereocenters. The molecule has 150 valence electrons. The molecule has 0 bridgehead atoms. The van der Waals surface area contributed by atoms with Crippen molar-refractivity contribution in [3.05, 3.63) is 64.7 Å². The Labute approximate surface area is 177 Å². The normalized spacial score (nSPS) is 18.8. The lowest BCUT2D eigenvalue weighted by molar-refractivity contribution is 0.590. The van der Waals surface area contributed by atoms with Gasteiger partial charge < -0.3 is 0 Å². The van der Waals surface area contributed by atoms with E-state index in [-0.39, 0.29) is 5.41 Å². The third-order valence-electron chi connectivity index (χ3n) is 6.16. The summed E-state index contributed by atoms with van der Waals surface area (Å²) in [6.45, 7) is 16.1. The van der Waals surface area contributed by atoms with Crippen LogP contribution in [0.25, 0.3) is 17.2 Å². The van der Waals surface area contributed by atoms with Crippen LogP contribution in [0.2, 0.25) is 12.6 Å². The van der Waals surface area contributed by atoms with Crippen LogP contribution in [0, 0.1) is 5.92 Å². The van der Waals surface area contributed by atoms with Crippen LogP contribution in [0.4, 0.5) is 0 Å². The molecule has 0 radical (unpaired) electrons. The van der Waals surface area contributed by atoms with Gasteiger partial charge in [-0.25, -0.2) is 0 Å². The van der Waals surface area contributed by atoms with Crippen molar-refractivity contribution >= 4 is 24.5 Å². The summed E-state index contributed by atoms with van der Waals surface area (Å²) in [7, 11) is -1.90. The molecule has 2 aromatic carbocycles. The monoisotopic (exact) mass is 410 g/mol. The molecule has 2 heteroatoms. The molecule has 28 heavy (non-hydrogen) atoms. The van der Waals surface area contributed by atoms with E-state index in [1.54, 1.807) is 0 Å². The number of benzene rings is 2. The Kier molecular flexibility index (Phi) is 5.99. The lowest BCUT2D eigenvalue weighted by atomic mass is 9.86. The Morgan fingerprint density at radius 3 is 2.21 bits per heavy atom. The number of halogens is 1. The van der Waals surface area contributed by atoms with Gasteiger partial charge >= 0.3 is 0 Å². The molecule has 0 spiro atoms. The van der Waals surface area contributed by atoms with Crippen LogP contribution < -0.4 is 0 Å². The van der Waals surface area contributed by atoms with E-state index in [0.717, 1.165) is 12.5 Å². The van der Waals surface area contributed by atoms with Gasteiger partial charge in [-0.1, -0.05) is 109 Å². The molecule has 0 saturated carbocycles. The molecule has 0 N–H and O–H groups in total. The second-order valence-corrected chi connectivity index (χ2v) is 16.1. The lowest BCUT2D eigenvalue weighted by Crippen LogP contribution is -2.33. The summed E-state index contributed by atoms with van der Waals surface area (Å²) in [5.74, 6) is 0.524. The number of rotatable bonds is 5. The molecule has 0 fully saturated rings. The Bertz CT molecular complexity index is 866. The van der Waals surface area contributed by atoms with E-state index in [1.165, 1.54) is 33.4 Å². The minimum atomic E-state index is -1.90. The van der Waals surface area contributed by atoms with E-state index in [9.17, 15) is 0 Å². The van der Waals surface area contributed by atoms with Crippen molar-refractivity contribution in [3.8, 4) is 11.1 Å². The van der Waals surface area contributed by atoms with Gasteiger partial charge in [-0.3, -0.25) is 0 Å². The van der Waals surface area contributed by atoms with Crippen LogP contribution >= 0.6 is 11.1 Å². The summed E-state index contributed by atoms with van der Waals surface area (Å²) >= 11 is 7.28. The summed E-state index contributed by atoms with van der Waals surface area (Å²) in [6.07, 6.45) is 3.62. The molecule has 2 aromatic rings. The highest BCUT2D eigenvalue weighted by molar-refractivity contribution is 7.20. The lowest BCUT2D eigenvalue weighted by Gasteiger charge is -2.31. The van der Waals surface area contributed by atoms with Crippen LogP contribution in [-0.2, 0) is 5.41 Å². The number of hydrogen-bond acceptors (Lipinski definition) is 0. The smallest absolute Gasteiger partial charge is 0.164 e. The van der Waals surface area contributed by atoms with Gasteiger partial charge in [0.1, 0.15) is 0 Å². The summed E-state index contributed by atoms with van der Waals surface area (Å²) in [5.41, 5.74) is 9.02. The summed E-state index contributed by atoms with van der Waals surface area (Å²) < 4.78 is 0. The molecule has 0 heterocycles. The molecular formula is C26H35ClSi. The SMILES string of the molecule is CCC[Si](C)(Cl)C1C(C(C)C)=Cc2c(-c3ccc(C(C)(C)C)cc3)cccc21. The van der Waals surface area contributed by atoms with Gasteiger partial charge in [0.2, 0.25) is 0 Å². The number of hydrogen-bond donors (Lipinski definition) is 0. The zero-order valence-corrected chi connectivity index (χ0v) is 20.3. The third kappa shape index (κ3) is 4.02. The average molecular weight is 411 g/mol. The molecule has 0 nitrogen and oxygen atoms in total. The first-order valence-electron chi connectivity index (χ1n) is 10.7. The van der Waals surface area contributed by atoms with Crippen LogP contribution in [0.15, 0.2) is 48.0 Å². The molecular weight excluding hydrogens is 376 g/mol. The minimum absolute atomic E-state index is 0.180. The first-order chi connectivity index (χ1) is 13.1. The molecule has 0 aromatic heterocycles. The Morgan fingerprint density at radius 1 is 1.04 bits per heavy atom. The Hall–Kier alpha value is -1.31. The van der Waals surface area contributed by atoms with Crippen molar-refractivity contribution in [2.24, 2.45) is 5.92 Å². The topological polar surface area (TPSA) is 0 Å². The predicted molar refractivity (Wildman–Crippen MR) is 129 cm³/mol. The van der Waals surface area contributed by atoms with E-state index < -0.39 is 7.38 Å². The third-order valence-corrected chi connectivity index (χ3v) is 10.7. The van der Waals surface area contributed by atoms with E-state index in [4.69, 9.17) is 11.1 Å². The highest BCUT2D eigenvalue weighted by atomic mass is 35.6. The standard InChI is InChI=1S/C26H35ClSi/c1-8-16-28(7,27)25-22-11-9-10-21(24(22)17-23(25)18(2)3)19-12-14-20(15-13-19)26(4,5)6/h9-15,17-18,25H,8,16H2,1-7H3. The van der Waals surface area contributed by atoms with Gasteiger partial charge in [0, 0.05) is 5.54 Å². The fourth-order valence-corrected chi connectivity index (χ4v) is 9.21. The van der Waals surface area contributed by atoms with Gasteiger partial charge in [0.25, 0.3) is 0 Å². The molecule has 0 aliphatic heterocycles. The second kappa shape index (κ2) is 7.84. The summed E-state index contributed by atoms with van der Waals surface area (Å²) in [5, 5.41) is 0. The van der Waals surface area contributed by atoms with Crippen molar-refractivity contribution in [2.45, 2.75) is 71.5 Å². The van der Waals surface area contributed by atoms with E-state index in [2.05, 4.69) is 96.6 Å². The van der Waals surface area contributed by atoms with Gasteiger partial charge in [0.05, 0.1) is 0 Å². The van der Waals surface area contributed by atoms with E-state index >= 15 is 0 Å². The van der Waals surface area contributed by atoms with Gasteiger partial charge in [0.15, 0.2) is 7.38 Å². The summed E-state index contributed by atoms with van der Waals surface area (Å²) in [6, 6.07) is 17.1. The first kappa shape index (κ1) is 21.4. The maximum absolute atomic E-state index is 7.28. The minimum Gasteiger partial charge on any atom is -0.166 e. The average Bonchev–Trinajstić information content (AvgIpc) is 3.02. The Morgan fingerprint density at radius 2 is 1.68 bits per heavy atom. The fraction of sp³-hybridized carbons (Fsp3) is 0.462. The van der Waals surface area contributed by atoms with Crippen LogP contribution in [-0.4, -0.2) is 7.38 Å². The Balaban J connectivity index is 2.11. The zero-order valence-electron chi connectivity index (χ0n) is 18.6. The largest absolute Gasteiger partial charge is 0.166 e. The van der Waals surface area contributed by atoms with Crippen LogP contribution in [0.5, 0.6) is 0 Å². The molecule has 3 rings (SSSR count). The van der Waals surface area contributed by atoms with Crippen molar-refractivity contribution < 1.29 is 0 Å². The quantitative estimate of drug-likeness (QED) is 0.342. The van der Waals surface area contributed by atoms with Gasteiger partial charge in [-0.05, 0) is 45.2 Å². The highest BCUT2D eigenvalue weighted by Gasteiger charge is 2.42. The highest BCUT2D eigenvalue weighted by Crippen LogP contribution is 2.50. The van der Waals surface area contributed by atoms with Gasteiger partial charge in [-0.2, -0.15) is 11.1 Å². The van der Waals surface area contributed by atoms with Crippen LogP contribution in [0.1, 0.15) is 70.2 Å². The molecule has 1 aliphatic rings. The zero-order chi connectivity index (χ0) is 20.7. The molecule has 2 atom stereocenters. The summed E-state index contributed by atoms with van der Waals surface area (Å²) in [4.78, 5) is 0. The van der Waals surface area contributed by atoms with Crippen LogP contribution in [0.3, 0.4) is 0 Å². The maximum Gasteiger partial charge on any atom is 0.164 e. The maximum atomic E-state index is 7.28. The molecule has 0 amide bonds. The van der Waals surface area contributed by atoms with E-state index in [1.807, 2.05) is 0 Å². The fourth-order valence-electron chi connectivity index (χ4n) is 4.63. The number of fused-ring (bicyclic) bond motifs is 1. The number of allylic oxidation sites excluding steroid dienone is 1. The van der Waals surface area contributed by atoms with Crippen molar-refractivity contribution in [1.29, 1.82) is 0 Å². The second-order valence-electron chi connectivity index (χ2n) is 9.90. The van der Waals surface area contributed by atoms with E-state index in [0.29, 0.717) is 11.5 Å². The predicted octanol–water partition coefficient (Wildman–Crippen LogP) is 8.55. The molecule has 0 saturated heterocycles.